The second kappa shape index (κ2) is 11.2. The molecule has 1 N–H and O–H groups in total. The molecule has 0 amide bonds. The lowest BCUT2D eigenvalue weighted by Gasteiger charge is -2.20. The number of rotatable bonds is 8. The summed E-state index contributed by atoms with van der Waals surface area (Å²) >= 11 is 0. The second-order valence-corrected chi connectivity index (χ2v) is 7.05. The molecule has 0 atom stereocenters. The van der Waals surface area contributed by atoms with Crippen molar-refractivity contribution in [3.8, 4) is 5.75 Å². The van der Waals surface area contributed by atoms with Crippen molar-refractivity contribution in [1.29, 1.82) is 0 Å². The maximum absolute atomic E-state index is 5.89. The first-order chi connectivity index (χ1) is 14.4. The molecule has 0 aliphatic heterocycles. The average Bonchev–Trinajstić information content (AvgIpc) is 2.81. The molecular formula is C27H26ClNO. The molecule has 0 aliphatic carbocycles. The molecule has 0 spiro atoms. The molecule has 0 aliphatic rings. The van der Waals surface area contributed by atoms with Gasteiger partial charge in [0.15, 0.2) is 0 Å². The van der Waals surface area contributed by atoms with Gasteiger partial charge in [0, 0.05) is 6.54 Å². The van der Waals surface area contributed by atoms with Gasteiger partial charge in [-0.25, -0.2) is 0 Å². The van der Waals surface area contributed by atoms with E-state index in [0.29, 0.717) is 6.61 Å². The van der Waals surface area contributed by atoms with Gasteiger partial charge in [0.25, 0.3) is 0 Å². The van der Waals surface area contributed by atoms with Gasteiger partial charge in [0.1, 0.15) is 12.4 Å². The van der Waals surface area contributed by atoms with Gasteiger partial charge < -0.3 is 10.1 Å². The molecule has 0 unspecified atom stereocenters. The molecule has 30 heavy (non-hydrogen) atoms. The Labute approximate surface area is 185 Å². The van der Waals surface area contributed by atoms with E-state index in [2.05, 4.69) is 90.2 Å². The number of ether oxygens (including phenoxy) is 1. The van der Waals surface area contributed by atoms with Crippen LogP contribution in [0.4, 0.5) is 0 Å². The smallest absolute Gasteiger partial charge is 0.119 e. The topological polar surface area (TPSA) is 21.3 Å². The first-order valence-corrected chi connectivity index (χ1v) is 9.97. The van der Waals surface area contributed by atoms with Crippen molar-refractivity contribution in [2.75, 3.05) is 0 Å². The highest BCUT2D eigenvalue weighted by molar-refractivity contribution is 5.85. The Bertz CT molecular complexity index is 950. The van der Waals surface area contributed by atoms with E-state index in [-0.39, 0.29) is 18.4 Å². The fourth-order valence-corrected chi connectivity index (χ4v) is 3.38. The van der Waals surface area contributed by atoms with Crippen LogP contribution in [-0.4, -0.2) is 0 Å². The van der Waals surface area contributed by atoms with Crippen molar-refractivity contribution in [3.05, 3.63) is 138 Å². The predicted molar refractivity (Wildman–Crippen MR) is 126 cm³/mol. The monoisotopic (exact) mass is 415 g/mol. The molecule has 0 radical (unpaired) electrons. The number of nitrogens with one attached hydrogen (secondary N) is 1. The molecule has 2 nitrogen and oxygen atoms in total. The lowest BCUT2D eigenvalue weighted by molar-refractivity contribution is 0.306. The summed E-state index contributed by atoms with van der Waals surface area (Å²) in [4.78, 5) is 0. The molecule has 0 bridgehead atoms. The third-order valence-electron chi connectivity index (χ3n) is 4.95. The van der Waals surface area contributed by atoms with Crippen LogP contribution < -0.4 is 10.1 Å². The van der Waals surface area contributed by atoms with E-state index < -0.39 is 0 Å². The molecule has 0 aromatic heterocycles. The van der Waals surface area contributed by atoms with Gasteiger partial charge in [-0.15, -0.1) is 12.4 Å². The summed E-state index contributed by atoms with van der Waals surface area (Å²) in [6.45, 7) is 1.37. The van der Waals surface area contributed by atoms with Crippen LogP contribution in [-0.2, 0) is 13.2 Å². The summed E-state index contributed by atoms with van der Waals surface area (Å²) in [5, 5.41) is 3.71. The third-order valence-corrected chi connectivity index (χ3v) is 4.95. The van der Waals surface area contributed by atoms with Crippen LogP contribution in [0.3, 0.4) is 0 Å². The predicted octanol–water partition coefficient (Wildman–Crippen LogP) is 6.57. The molecule has 4 rings (SSSR count). The van der Waals surface area contributed by atoms with Crippen molar-refractivity contribution >= 4 is 12.4 Å². The highest BCUT2D eigenvalue weighted by atomic mass is 35.5. The Kier molecular flexibility index (Phi) is 8.08. The lowest BCUT2D eigenvalue weighted by atomic mass is 9.98. The van der Waals surface area contributed by atoms with Crippen molar-refractivity contribution < 1.29 is 4.74 Å². The zero-order valence-electron chi connectivity index (χ0n) is 16.8. The summed E-state index contributed by atoms with van der Waals surface area (Å²) in [6, 6.07) is 39.9. The van der Waals surface area contributed by atoms with Crippen LogP contribution in [0.15, 0.2) is 115 Å². The molecule has 152 valence electrons. The van der Waals surface area contributed by atoms with Gasteiger partial charge >= 0.3 is 0 Å². The van der Waals surface area contributed by atoms with E-state index in [1.807, 2.05) is 30.3 Å². The number of halogens is 1. The SMILES string of the molecule is Cl.c1ccc(COc2ccc(CNC(c3ccccc3)c3ccccc3)cc2)cc1. The summed E-state index contributed by atoms with van der Waals surface area (Å²) in [7, 11) is 0. The molecule has 0 heterocycles. The quantitative estimate of drug-likeness (QED) is 0.351. The molecule has 0 saturated heterocycles. The van der Waals surface area contributed by atoms with Crippen molar-refractivity contribution in [2.24, 2.45) is 0 Å². The number of benzene rings is 4. The van der Waals surface area contributed by atoms with Crippen LogP contribution in [0.1, 0.15) is 28.3 Å². The Morgan fingerprint density at radius 1 is 0.567 bits per heavy atom. The fraction of sp³-hybridized carbons (Fsp3) is 0.111. The van der Waals surface area contributed by atoms with Crippen LogP contribution in [0.2, 0.25) is 0 Å². The van der Waals surface area contributed by atoms with E-state index in [4.69, 9.17) is 4.74 Å². The van der Waals surface area contributed by atoms with Gasteiger partial charge in [-0.05, 0) is 34.4 Å². The van der Waals surface area contributed by atoms with Crippen molar-refractivity contribution in [1.82, 2.24) is 5.32 Å². The van der Waals surface area contributed by atoms with E-state index in [1.54, 1.807) is 0 Å². The zero-order chi connectivity index (χ0) is 19.7. The van der Waals surface area contributed by atoms with Gasteiger partial charge in [-0.1, -0.05) is 103 Å². The first-order valence-electron chi connectivity index (χ1n) is 9.97. The highest BCUT2D eigenvalue weighted by Gasteiger charge is 2.13. The van der Waals surface area contributed by atoms with Crippen LogP contribution in [0.25, 0.3) is 0 Å². The zero-order valence-corrected chi connectivity index (χ0v) is 17.6. The summed E-state index contributed by atoms with van der Waals surface area (Å²) < 4.78 is 5.89. The van der Waals surface area contributed by atoms with Crippen molar-refractivity contribution in [2.45, 2.75) is 19.2 Å². The summed E-state index contributed by atoms with van der Waals surface area (Å²) in [5.74, 6) is 0.889. The number of hydrogen-bond acceptors (Lipinski definition) is 2. The van der Waals surface area contributed by atoms with Crippen LogP contribution in [0.5, 0.6) is 5.75 Å². The standard InChI is InChI=1S/C27H25NO.ClH/c1-4-10-23(11-5-1)21-29-26-18-16-22(17-19-26)20-28-27(24-12-6-2-7-13-24)25-14-8-3-9-15-25;/h1-19,27-28H,20-21H2;1H. The molecule has 4 aromatic rings. The van der Waals surface area contributed by atoms with Gasteiger partial charge in [-0.3, -0.25) is 0 Å². The minimum Gasteiger partial charge on any atom is -0.489 e. The maximum Gasteiger partial charge on any atom is 0.119 e. The molecule has 0 fully saturated rings. The first kappa shape index (κ1) is 21.6. The van der Waals surface area contributed by atoms with E-state index >= 15 is 0 Å². The normalized spacial score (nSPS) is 10.4. The fourth-order valence-electron chi connectivity index (χ4n) is 3.38. The van der Waals surface area contributed by atoms with Crippen molar-refractivity contribution in [3.63, 3.8) is 0 Å². The third kappa shape index (κ3) is 5.96. The van der Waals surface area contributed by atoms with E-state index in [1.165, 1.54) is 22.3 Å². The Hall–Kier alpha value is -3.07. The Morgan fingerprint density at radius 2 is 1.07 bits per heavy atom. The molecular weight excluding hydrogens is 390 g/mol. The minimum atomic E-state index is 0. The minimum absolute atomic E-state index is 0. The second-order valence-electron chi connectivity index (χ2n) is 7.05. The van der Waals surface area contributed by atoms with E-state index in [9.17, 15) is 0 Å². The average molecular weight is 416 g/mol. The van der Waals surface area contributed by atoms with Gasteiger partial charge in [0.2, 0.25) is 0 Å². The van der Waals surface area contributed by atoms with Gasteiger partial charge in [0.05, 0.1) is 6.04 Å². The molecule has 4 aromatic carbocycles. The van der Waals surface area contributed by atoms with E-state index in [0.717, 1.165) is 12.3 Å². The molecule has 3 heteroatoms. The lowest BCUT2D eigenvalue weighted by Crippen LogP contribution is -2.22. The van der Waals surface area contributed by atoms with Gasteiger partial charge in [-0.2, -0.15) is 0 Å². The maximum atomic E-state index is 5.89. The largest absolute Gasteiger partial charge is 0.489 e. The summed E-state index contributed by atoms with van der Waals surface area (Å²) in [6.07, 6.45) is 0. The van der Waals surface area contributed by atoms with Crippen LogP contribution in [0, 0.1) is 0 Å². The highest BCUT2D eigenvalue weighted by Crippen LogP contribution is 2.23. The Balaban J connectivity index is 0.00000256. The summed E-state index contributed by atoms with van der Waals surface area (Å²) in [5.41, 5.74) is 4.93. The molecule has 0 saturated carbocycles. The Morgan fingerprint density at radius 3 is 1.60 bits per heavy atom. The number of hydrogen-bond donors (Lipinski definition) is 1. The van der Waals surface area contributed by atoms with Crippen LogP contribution >= 0.6 is 12.4 Å².